The van der Waals surface area contributed by atoms with Crippen LogP contribution in [-0.4, -0.2) is 0 Å². The van der Waals surface area contributed by atoms with Gasteiger partial charge in [0.25, 0.3) is 0 Å². The summed E-state index contributed by atoms with van der Waals surface area (Å²) >= 11 is 0. The Morgan fingerprint density at radius 1 is 0.667 bits per heavy atom. The van der Waals surface area contributed by atoms with Crippen molar-refractivity contribution in [1.82, 2.24) is 0 Å². The maximum Gasteiger partial charge on any atom is 0.169 e. The SMILES string of the molecule is c1cc[n+](C2CCCC2)cc1.c1ccc([N-][n+]2ccccc2)cc1. The average molecular weight is 318 g/mol. The van der Waals surface area contributed by atoms with E-state index in [4.69, 9.17) is 0 Å². The van der Waals surface area contributed by atoms with Crippen LogP contribution >= 0.6 is 0 Å². The van der Waals surface area contributed by atoms with Crippen molar-refractivity contribution in [2.75, 3.05) is 0 Å². The highest BCUT2D eigenvalue weighted by atomic mass is 15.4. The van der Waals surface area contributed by atoms with E-state index in [1.54, 1.807) is 4.68 Å². The minimum Gasteiger partial charge on any atom is -0.405 e. The molecule has 2 heterocycles. The normalized spacial score (nSPS) is 13.8. The number of benzene rings is 1. The molecule has 1 saturated carbocycles. The molecule has 1 aliphatic carbocycles. The summed E-state index contributed by atoms with van der Waals surface area (Å²) in [5, 5.41) is 0. The summed E-state index contributed by atoms with van der Waals surface area (Å²) in [6.45, 7) is 0. The predicted molar refractivity (Wildman–Crippen MR) is 95.6 cm³/mol. The zero-order valence-corrected chi connectivity index (χ0v) is 13.9. The second-order valence-electron chi connectivity index (χ2n) is 5.95. The molecule has 0 aliphatic heterocycles. The molecule has 3 heteroatoms. The third kappa shape index (κ3) is 4.92. The van der Waals surface area contributed by atoms with Gasteiger partial charge in [-0.3, -0.25) is 0 Å². The van der Waals surface area contributed by atoms with Gasteiger partial charge in [-0.15, -0.1) is 0 Å². The highest BCUT2D eigenvalue weighted by Crippen LogP contribution is 2.24. The molecule has 0 saturated heterocycles. The molecule has 0 N–H and O–H groups in total. The zero-order chi connectivity index (χ0) is 16.5. The van der Waals surface area contributed by atoms with Gasteiger partial charge in [0, 0.05) is 37.1 Å². The van der Waals surface area contributed by atoms with E-state index in [1.165, 1.54) is 25.7 Å². The minimum atomic E-state index is 0.788. The number of hydrogen-bond donors (Lipinski definition) is 0. The van der Waals surface area contributed by atoms with Gasteiger partial charge in [-0.2, -0.15) is 0 Å². The Kier molecular flexibility index (Phi) is 5.95. The summed E-state index contributed by atoms with van der Waals surface area (Å²) in [6.07, 6.45) is 13.7. The topological polar surface area (TPSA) is 21.9 Å². The Morgan fingerprint density at radius 2 is 1.21 bits per heavy atom. The Balaban J connectivity index is 0.000000143. The van der Waals surface area contributed by atoms with Crippen LogP contribution in [-0.2, 0) is 0 Å². The van der Waals surface area contributed by atoms with Crippen molar-refractivity contribution in [3.63, 3.8) is 0 Å². The summed E-state index contributed by atoms with van der Waals surface area (Å²) in [4.78, 5) is 0. The number of pyridine rings is 2. The smallest absolute Gasteiger partial charge is 0.169 e. The summed E-state index contributed by atoms with van der Waals surface area (Å²) in [6, 6.07) is 22.8. The van der Waals surface area contributed by atoms with Crippen LogP contribution in [0.3, 0.4) is 0 Å². The van der Waals surface area contributed by atoms with Crippen molar-refractivity contribution in [3.05, 3.63) is 96.9 Å². The quantitative estimate of drug-likeness (QED) is 0.633. The Bertz CT molecular complexity index is 655. The van der Waals surface area contributed by atoms with Gasteiger partial charge in [-0.25, -0.2) is 9.24 Å². The molecule has 1 aromatic carbocycles. The lowest BCUT2D eigenvalue weighted by molar-refractivity contribution is -0.721. The lowest BCUT2D eigenvalue weighted by Crippen LogP contribution is -2.36. The molecule has 122 valence electrons. The first-order chi connectivity index (χ1) is 11.9. The van der Waals surface area contributed by atoms with Crippen LogP contribution in [0.15, 0.2) is 91.5 Å². The molecule has 4 rings (SSSR count). The van der Waals surface area contributed by atoms with Gasteiger partial charge in [0.1, 0.15) is 0 Å². The number of hydrogen-bond acceptors (Lipinski definition) is 0. The van der Waals surface area contributed by atoms with E-state index >= 15 is 0 Å². The first-order valence-electron chi connectivity index (χ1n) is 8.61. The molecule has 0 spiro atoms. The lowest BCUT2D eigenvalue weighted by Gasteiger charge is -2.12. The van der Waals surface area contributed by atoms with Crippen LogP contribution in [0.2, 0.25) is 0 Å². The molecule has 0 bridgehead atoms. The van der Waals surface area contributed by atoms with Crippen LogP contribution in [0.4, 0.5) is 5.69 Å². The molecule has 24 heavy (non-hydrogen) atoms. The summed E-state index contributed by atoms with van der Waals surface area (Å²) in [5.74, 6) is 0. The Morgan fingerprint density at radius 3 is 1.83 bits per heavy atom. The molecular weight excluding hydrogens is 294 g/mol. The average Bonchev–Trinajstić information content (AvgIpc) is 3.20. The molecule has 3 aromatic rings. The predicted octanol–water partition coefficient (Wildman–Crippen LogP) is 4.53. The van der Waals surface area contributed by atoms with Crippen molar-refractivity contribution in [2.45, 2.75) is 31.7 Å². The van der Waals surface area contributed by atoms with E-state index in [9.17, 15) is 0 Å². The zero-order valence-electron chi connectivity index (χ0n) is 13.9. The lowest BCUT2D eigenvalue weighted by atomic mass is 10.2. The molecule has 0 amide bonds. The van der Waals surface area contributed by atoms with Gasteiger partial charge in [-0.05, 0) is 12.8 Å². The van der Waals surface area contributed by atoms with E-state index in [0.717, 1.165) is 11.7 Å². The van der Waals surface area contributed by atoms with Crippen LogP contribution in [0.1, 0.15) is 31.7 Å². The number of nitrogens with zero attached hydrogens (tertiary/aromatic N) is 3. The fourth-order valence-corrected chi connectivity index (χ4v) is 2.94. The first kappa shape index (κ1) is 16.2. The molecule has 3 nitrogen and oxygen atoms in total. The van der Waals surface area contributed by atoms with E-state index in [2.05, 4.69) is 40.6 Å². The minimum absolute atomic E-state index is 0.788. The van der Waals surface area contributed by atoms with Gasteiger partial charge in [0.15, 0.2) is 30.8 Å². The molecule has 2 aromatic heterocycles. The highest BCUT2D eigenvalue weighted by molar-refractivity contribution is 5.43. The van der Waals surface area contributed by atoms with E-state index < -0.39 is 0 Å². The highest BCUT2D eigenvalue weighted by Gasteiger charge is 2.21. The van der Waals surface area contributed by atoms with Gasteiger partial charge >= 0.3 is 0 Å². The van der Waals surface area contributed by atoms with Crippen LogP contribution in [0.5, 0.6) is 0 Å². The third-order valence-electron chi connectivity index (χ3n) is 4.17. The van der Waals surface area contributed by atoms with Crippen molar-refractivity contribution in [1.29, 1.82) is 0 Å². The van der Waals surface area contributed by atoms with Gasteiger partial charge < -0.3 is 5.43 Å². The third-order valence-corrected chi connectivity index (χ3v) is 4.17. The second kappa shape index (κ2) is 8.82. The molecule has 0 atom stereocenters. The van der Waals surface area contributed by atoms with E-state index in [1.807, 2.05) is 60.9 Å². The maximum absolute atomic E-state index is 4.36. The summed E-state index contributed by atoms with van der Waals surface area (Å²) < 4.78 is 4.13. The molecule has 0 radical (unpaired) electrons. The van der Waals surface area contributed by atoms with Crippen LogP contribution < -0.4 is 9.24 Å². The molecule has 1 aliphatic rings. The van der Waals surface area contributed by atoms with E-state index in [-0.39, 0.29) is 0 Å². The monoisotopic (exact) mass is 318 g/mol. The van der Waals surface area contributed by atoms with Crippen molar-refractivity contribution in [3.8, 4) is 0 Å². The Labute approximate surface area is 144 Å². The fourth-order valence-electron chi connectivity index (χ4n) is 2.94. The van der Waals surface area contributed by atoms with Crippen LogP contribution in [0, 0.1) is 0 Å². The molecule has 1 fully saturated rings. The van der Waals surface area contributed by atoms with Crippen LogP contribution in [0.25, 0.3) is 5.43 Å². The fraction of sp³-hybridized carbons (Fsp3) is 0.238. The number of rotatable bonds is 3. The van der Waals surface area contributed by atoms with Gasteiger partial charge in [-0.1, -0.05) is 48.2 Å². The first-order valence-corrected chi connectivity index (χ1v) is 8.61. The van der Waals surface area contributed by atoms with Gasteiger partial charge in [0.05, 0.1) is 0 Å². The van der Waals surface area contributed by atoms with Crippen molar-refractivity contribution < 1.29 is 9.24 Å². The molecule has 0 unspecified atom stereocenters. The van der Waals surface area contributed by atoms with Crippen molar-refractivity contribution in [2.24, 2.45) is 0 Å². The van der Waals surface area contributed by atoms with E-state index in [0.29, 0.717) is 0 Å². The standard InChI is InChI=1S/C11H10N2.C10H14N/c1-3-7-11(8-4-1)12-13-9-5-2-6-10-13;1-4-8-11(9-5-1)10-6-2-3-7-10/h1-10H;1,4-5,8-10H,2-3,6-7H2/q;+1. The Hall–Kier alpha value is -2.68. The van der Waals surface area contributed by atoms with Gasteiger partial charge in [0.2, 0.25) is 0 Å². The molecular formula is C21H24N3+. The second-order valence-corrected chi connectivity index (χ2v) is 5.95. The number of aromatic nitrogens is 2. The maximum atomic E-state index is 4.36. The largest absolute Gasteiger partial charge is 0.405 e. The van der Waals surface area contributed by atoms with Crippen molar-refractivity contribution >= 4 is 5.69 Å². The summed E-state index contributed by atoms with van der Waals surface area (Å²) in [5.41, 5.74) is 5.31. The summed E-state index contributed by atoms with van der Waals surface area (Å²) in [7, 11) is 0.